The fourth-order valence-corrected chi connectivity index (χ4v) is 6.59. The Morgan fingerprint density at radius 2 is 1.73 bits per heavy atom. The van der Waals surface area contributed by atoms with E-state index in [4.69, 9.17) is 4.74 Å². The van der Waals surface area contributed by atoms with Crippen LogP contribution in [0.15, 0.2) is 54.7 Å². The molecule has 0 spiro atoms. The van der Waals surface area contributed by atoms with Gasteiger partial charge in [-0.2, -0.15) is 0 Å². The van der Waals surface area contributed by atoms with E-state index in [9.17, 15) is 18.7 Å². The van der Waals surface area contributed by atoms with E-state index >= 15 is 0 Å². The lowest BCUT2D eigenvalue weighted by Crippen LogP contribution is -2.36. The molecular weight excluding hydrogens is 538 g/mol. The molecule has 0 bridgehead atoms. The minimum Gasteiger partial charge on any atom is -0.489 e. The molecule has 0 amide bonds. The molecule has 1 heterocycles. The average molecular weight is 583 g/mol. The molecule has 6 nitrogen and oxygen atoms in total. The van der Waals surface area contributed by atoms with Gasteiger partial charge in [0, 0.05) is 35.8 Å². The molecule has 0 radical (unpaired) electrons. The number of hydrogen-bond acceptors (Lipinski definition) is 4. The van der Waals surface area contributed by atoms with Gasteiger partial charge in [-0.25, -0.2) is 4.39 Å². The fourth-order valence-electron chi connectivity index (χ4n) is 5.87. The molecule has 2 aromatic carbocycles. The second-order valence-corrected chi connectivity index (χ2v) is 14.8. The van der Waals surface area contributed by atoms with Gasteiger partial charge in [-0.05, 0) is 108 Å². The smallest absolute Gasteiger partial charge is 0.331 e. The number of pyridine rings is 1. The molecule has 1 aliphatic carbocycles. The van der Waals surface area contributed by atoms with Crippen LogP contribution in [0, 0.1) is 18.7 Å². The zero-order chi connectivity index (χ0) is 30.1. The van der Waals surface area contributed by atoms with Crippen molar-refractivity contribution >= 4 is 7.60 Å². The van der Waals surface area contributed by atoms with Gasteiger partial charge in [0.25, 0.3) is 0 Å². The summed E-state index contributed by atoms with van der Waals surface area (Å²) in [4.78, 5) is 26.7. The maximum Gasteiger partial charge on any atom is 0.331 e. The third-order valence-electron chi connectivity index (χ3n) is 8.36. The summed E-state index contributed by atoms with van der Waals surface area (Å²) in [5.74, 6) is 0.309. The Balaban J connectivity index is 1.63. The third kappa shape index (κ3) is 7.26. The normalized spacial score (nSPS) is 15.1. The van der Waals surface area contributed by atoms with Crippen molar-refractivity contribution < 1.29 is 23.5 Å². The second kappa shape index (κ2) is 12.3. The van der Waals surface area contributed by atoms with Crippen LogP contribution in [0.5, 0.6) is 5.75 Å². The van der Waals surface area contributed by atoms with Crippen LogP contribution in [0.1, 0.15) is 82.7 Å². The van der Waals surface area contributed by atoms with Gasteiger partial charge in [0.15, 0.2) is 0 Å². The first kappa shape index (κ1) is 31.4. The SMILES string of the molecule is Cc1cc(-c2ccc(COc3cccc(C(C4CC4)C(C)(C)P(=O)(O)O)c3)cc2CN(C(C)C)C(C)C)c(F)cn1. The molecule has 1 unspecified atom stereocenters. The van der Waals surface area contributed by atoms with Crippen LogP contribution < -0.4 is 4.74 Å². The summed E-state index contributed by atoms with van der Waals surface area (Å²) in [6, 6.07) is 16.1. The number of ether oxygens (including phenoxy) is 1. The largest absolute Gasteiger partial charge is 0.489 e. The predicted octanol–water partition coefficient (Wildman–Crippen LogP) is 7.84. The molecule has 41 heavy (non-hydrogen) atoms. The highest BCUT2D eigenvalue weighted by atomic mass is 31.2. The first-order valence-corrected chi connectivity index (χ1v) is 16.1. The van der Waals surface area contributed by atoms with E-state index < -0.39 is 12.8 Å². The van der Waals surface area contributed by atoms with Crippen molar-refractivity contribution in [2.45, 2.75) is 97.6 Å². The van der Waals surface area contributed by atoms with Gasteiger partial charge >= 0.3 is 7.60 Å². The molecule has 0 saturated heterocycles. The van der Waals surface area contributed by atoms with Crippen molar-refractivity contribution in [2.75, 3.05) is 0 Å². The van der Waals surface area contributed by atoms with Crippen LogP contribution in [0.25, 0.3) is 11.1 Å². The van der Waals surface area contributed by atoms with E-state index in [1.54, 1.807) is 19.9 Å². The van der Waals surface area contributed by atoms with Crippen LogP contribution in [-0.2, 0) is 17.7 Å². The van der Waals surface area contributed by atoms with Gasteiger partial charge < -0.3 is 14.5 Å². The number of hydrogen-bond donors (Lipinski definition) is 2. The number of halogens is 1. The standard InChI is InChI=1S/C33H44FN2O4P/c1-21(2)36(22(3)4)19-27-16-24(11-14-29(27)30-15-23(5)35-18-31(30)34)20-40-28-10-8-9-26(17-28)32(25-12-13-25)33(6,7)41(37,38)39/h8-11,14-18,21-22,25,32H,12-13,19-20H2,1-7H3,(H2,37,38,39). The molecule has 8 heteroatoms. The minimum atomic E-state index is -4.33. The summed E-state index contributed by atoms with van der Waals surface area (Å²) < 4.78 is 33.6. The van der Waals surface area contributed by atoms with Gasteiger partial charge in [0.1, 0.15) is 18.2 Å². The number of rotatable bonds is 12. The first-order chi connectivity index (χ1) is 19.2. The monoisotopic (exact) mass is 582 g/mol. The van der Waals surface area contributed by atoms with Crippen molar-refractivity contribution in [3.05, 3.63) is 82.9 Å². The van der Waals surface area contributed by atoms with Gasteiger partial charge in [-0.3, -0.25) is 14.4 Å². The van der Waals surface area contributed by atoms with Crippen molar-refractivity contribution in [1.82, 2.24) is 9.88 Å². The van der Waals surface area contributed by atoms with E-state index in [2.05, 4.69) is 43.6 Å². The average Bonchev–Trinajstić information content (AvgIpc) is 3.72. The predicted molar refractivity (Wildman–Crippen MR) is 163 cm³/mol. The number of benzene rings is 2. The van der Waals surface area contributed by atoms with Crippen LogP contribution in [0.4, 0.5) is 4.39 Å². The minimum absolute atomic E-state index is 0.255. The van der Waals surface area contributed by atoms with Crippen LogP contribution >= 0.6 is 7.60 Å². The van der Waals surface area contributed by atoms with E-state index in [-0.39, 0.29) is 17.7 Å². The number of aromatic nitrogens is 1. The highest BCUT2D eigenvalue weighted by Crippen LogP contribution is 2.62. The summed E-state index contributed by atoms with van der Waals surface area (Å²) in [5, 5.41) is -1.17. The fraction of sp³-hybridized carbons (Fsp3) is 0.485. The summed E-state index contributed by atoms with van der Waals surface area (Å²) in [7, 11) is -4.33. The molecule has 1 fully saturated rings. The lowest BCUT2D eigenvalue weighted by Gasteiger charge is -2.35. The summed E-state index contributed by atoms with van der Waals surface area (Å²) >= 11 is 0. The second-order valence-electron chi connectivity index (χ2n) is 12.5. The molecule has 1 aliphatic rings. The lowest BCUT2D eigenvalue weighted by molar-refractivity contribution is 0.166. The van der Waals surface area contributed by atoms with E-state index in [0.29, 0.717) is 36.5 Å². The summed E-state index contributed by atoms with van der Waals surface area (Å²) in [6.45, 7) is 14.8. The summed E-state index contributed by atoms with van der Waals surface area (Å²) in [5.41, 5.74) is 5.01. The summed E-state index contributed by atoms with van der Waals surface area (Å²) in [6.07, 6.45) is 3.22. The maximum absolute atomic E-state index is 14.9. The van der Waals surface area contributed by atoms with Crippen molar-refractivity contribution in [3.63, 3.8) is 0 Å². The molecule has 3 aromatic rings. The van der Waals surface area contributed by atoms with Crippen LogP contribution in [-0.4, -0.2) is 36.9 Å². The zero-order valence-corrected chi connectivity index (χ0v) is 26.2. The van der Waals surface area contributed by atoms with Crippen LogP contribution in [0.2, 0.25) is 0 Å². The molecule has 1 aromatic heterocycles. The van der Waals surface area contributed by atoms with Crippen molar-refractivity contribution in [2.24, 2.45) is 5.92 Å². The van der Waals surface area contributed by atoms with E-state index in [1.165, 1.54) is 6.20 Å². The molecule has 4 rings (SSSR count). The third-order valence-corrected chi connectivity index (χ3v) is 10.1. The Labute approximate surface area is 244 Å². The molecule has 1 atom stereocenters. The zero-order valence-electron chi connectivity index (χ0n) is 25.3. The first-order valence-electron chi connectivity index (χ1n) is 14.5. The Kier molecular flexibility index (Phi) is 9.45. The maximum atomic E-state index is 14.9. The van der Waals surface area contributed by atoms with Gasteiger partial charge in [0.2, 0.25) is 0 Å². The molecule has 1 saturated carbocycles. The van der Waals surface area contributed by atoms with Crippen LogP contribution in [0.3, 0.4) is 0 Å². The lowest BCUT2D eigenvalue weighted by atomic mass is 9.83. The van der Waals surface area contributed by atoms with Gasteiger partial charge in [-0.15, -0.1) is 0 Å². The quantitative estimate of drug-likeness (QED) is 0.212. The van der Waals surface area contributed by atoms with Crippen molar-refractivity contribution in [1.29, 1.82) is 0 Å². The molecular formula is C33H44FN2O4P. The highest BCUT2D eigenvalue weighted by molar-refractivity contribution is 7.53. The Morgan fingerprint density at radius 3 is 2.34 bits per heavy atom. The number of nitrogens with zero attached hydrogens (tertiary/aromatic N) is 2. The van der Waals surface area contributed by atoms with Crippen molar-refractivity contribution in [3.8, 4) is 16.9 Å². The molecule has 222 valence electrons. The number of aryl methyl sites for hydroxylation is 1. The molecule has 2 N–H and O–H groups in total. The van der Waals surface area contributed by atoms with Gasteiger partial charge in [0.05, 0.1) is 11.4 Å². The van der Waals surface area contributed by atoms with E-state index in [0.717, 1.165) is 40.8 Å². The van der Waals surface area contributed by atoms with E-state index in [1.807, 2.05) is 43.3 Å². The Bertz CT molecular complexity index is 1410. The Morgan fingerprint density at radius 1 is 1.05 bits per heavy atom. The van der Waals surface area contributed by atoms with Gasteiger partial charge in [-0.1, -0.05) is 30.3 Å². The Hall–Kier alpha value is -2.57. The topological polar surface area (TPSA) is 82.9 Å². The highest BCUT2D eigenvalue weighted by Gasteiger charge is 2.51. The molecule has 0 aliphatic heterocycles.